The van der Waals surface area contributed by atoms with Crippen LogP contribution >= 0.6 is 11.6 Å². The Morgan fingerprint density at radius 3 is 2.64 bits per heavy atom. The number of nitrogens with zero attached hydrogens (tertiary/aromatic N) is 2. The maximum atomic E-state index is 6.00. The zero-order valence-corrected chi connectivity index (χ0v) is 14.8. The minimum Gasteiger partial charge on any atom is -0.344 e. The van der Waals surface area contributed by atoms with Gasteiger partial charge < -0.3 is 10.3 Å². The van der Waals surface area contributed by atoms with E-state index < -0.39 is 0 Å². The van der Waals surface area contributed by atoms with Gasteiger partial charge in [-0.1, -0.05) is 36.6 Å². The zero-order chi connectivity index (χ0) is 17.1. The van der Waals surface area contributed by atoms with Crippen molar-refractivity contribution in [2.75, 3.05) is 0 Å². The molecule has 3 aromatic rings. The molecule has 4 rings (SSSR count). The van der Waals surface area contributed by atoms with Gasteiger partial charge in [0.2, 0.25) is 0 Å². The summed E-state index contributed by atoms with van der Waals surface area (Å²) in [5, 5.41) is 4.35. The monoisotopic (exact) mass is 352 g/mol. The highest BCUT2D eigenvalue weighted by molar-refractivity contribution is 6.30. The molecule has 2 N–H and O–H groups in total. The highest BCUT2D eigenvalue weighted by Gasteiger charge is 2.15. The standard InChI is InChI=1S/C20H21ClN4/c21-16-7-5-14(6-8-16)19-20(25-13-24-19)15-9-10-22-18(11-15)12-23-17-3-1-2-4-17/h5-11,13,17,23H,1-4,12H2,(H,24,25). The van der Waals surface area contributed by atoms with Crippen LogP contribution in [0.1, 0.15) is 31.4 Å². The summed E-state index contributed by atoms with van der Waals surface area (Å²) in [4.78, 5) is 12.3. The first-order valence-corrected chi connectivity index (χ1v) is 9.15. The van der Waals surface area contributed by atoms with Crippen LogP contribution in [0.15, 0.2) is 48.9 Å². The van der Waals surface area contributed by atoms with Crippen molar-refractivity contribution >= 4 is 11.6 Å². The topological polar surface area (TPSA) is 53.6 Å². The lowest BCUT2D eigenvalue weighted by Crippen LogP contribution is -2.25. The molecule has 1 fully saturated rings. The van der Waals surface area contributed by atoms with Crippen molar-refractivity contribution < 1.29 is 0 Å². The first kappa shape index (κ1) is 16.3. The molecule has 5 heteroatoms. The lowest BCUT2D eigenvalue weighted by Gasteiger charge is -2.11. The van der Waals surface area contributed by atoms with Crippen molar-refractivity contribution in [1.82, 2.24) is 20.3 Å². The molecule has 2 aromatic heterocycles. The molecule has 2 heterocycles. The summed E-state index contributed by atoms with van der Waals surface area (Å²) < 4.78 is 0. The Kier molecular flexibility index (Phi) is 4.81. The van der Waals surface area contributed by atoms with E-state index in [4.69, 9.17) is 11.6 Å². The summed E-state index contributed by atoms with van der Waals surface area (Å²) >= 11 is 6.00. The summed E-state index contributed by atoms with van der Waals surface area (Å²) in [5.74, 6) is 0. The average molecular weight is 353 g/mol. The predicted molar refractivity (Wildman–Crippen MR) is 101 cm³/mol. The second-order valence-electron chi connectivity index (χ2n) is 6.53. The van der Waals surface area contributed by atoms with Crippen molar-refractivity contribution in [1.29, 1.82) is 0 Å². The molecule has 128 valence electrons. The van der Waals surface area contributed by atoms with Crippen LogP contribution in [0.25, 0.3) is 22.5 Å². The SMILES string of the molecule is Clc1ccc(-c2[nH]cnc2-c2ccnc(CNC3CCCC3)c2)cc1. The van der Waals surface area contributed by atoms with E-state index in [1.165, 1.54) is 25.7 Å². The highest BCUT2D eigenvalue weighted by atomic mass is 35.5. The number of hydrogen-bond acceptors (Lipinski definition) is 3. The molecule has 0 atom stereocenters. The third-order valence-corrected chi connectivity index (χ3v) is 5.04. The van der Waals surface area contributed by atoms with Crippen molar-refractivity contribution in [2.45, 2.75) is 38.3 Å². The number of hydrogen-bond donors (Lipinski definition) is 2. The molecule has 1 aliphatic carbocycles. The fourth-order valence-electron chi connectivity index (χ4n) is 3.45. The van der Waals surface area contributed by atoms with Gasteiger partial charge in [0.15, 0.2) is 0 Å². The largest absolute Gasteiger partial charge is 0.344 e. The molecule has 0 radical (unpaired) electrons. The van der Waals surface area contributed by atoms with E-state index in [0.717, 1.165) is 39.8 Å². The molecule has 0 amide bonds. The van der Waals surface area contributed by atoms with Crippen molar-refractivity contribution in [3.63, 3.8) is 0 Å². The summed E-state index contributed by atoms with van der Waals surface area (Å²) in [7, 11) is 0. The molecule has 1 saturated carbocycles. The number of aromatic amines is 1. The Hall–Kier alpha value is -2.17. The van der Waals surface area contributed by atoms with Crippen LogP contribution in [-0.4, -0.2) is 21.0 Å². The molecule has 0 aliphatic heterocycles. The maximum Gasteiger partial charge on any atom is 0.0962 e. The van der Waals surface area contributed by atoms with E-state index in [1.807, 2.05) is 36.5 Å². The summed E-state index contributed by atoms with van der Waals surface area (Å²) in [5.41, 5.74) is 5.13. The third kappa shape index (κ3) is 3.75. The Morgan fingerprint density at radius 1 is 1.04 bits per heavy atom. The van der Waals surface area contributed by atoms with Crippen LogP contribution < -0.4 is 5.32 Å². The van der Waals surface area contributed by atoms with Gasteiger partial charge in [0.05, 0.1) is 23.4 Å². The fourth-order valence-corrected chi connectivity index (χ4v) is 3.58. The number of benzene rings is 1. The van der Waals surface area contributed by atoms with Gasteiger partial charge in [-0.25, -0.2) is 4.98 Å². The predicted octanol–water partition coefficient (Wildman–Crippen LogP) is 4.82. The van der Waals surface area contributed by atoms with Crippen LogP contribution in [0.5, 0.6) is 0 Å². The van der Waals surface area contributed by atoms with Gasteiger partial charge >= 0.3 is 0 Å². The average Bonchev–Trinajstić information content (AvgIpc) is 3.33. The zero-order valence-electron chi connectivity index (χ0n) is 14.0. The van der Waals surface area contributed by atoms with Gasteiger partial charge in [-0.15, -0.1) is 0 Å². The van der Waals surface area contributed by atoms with Crippen LogP contribution in [0.2, 0.25) is 5.02 Å². The van der Waals surface area contributed by atoms with Crippen LogP contribution in [0.3, 0.4) is 0 Å². The molecule has 0 spiro atoms. The number of H-pyrrole nitrogens is 1. The molecule has 25 heavy (non-hydrogen) atoms. The third-order valence-electron chi connectivity index (χ3n) is 4.79. The van der Waals surface area contributed by atoms with E-state index in [-0.39, 0.29) is 0 Å². The first-order valence-electron chi connectivity index (χ1n) is 8.77. The number of halogens is 1. The van der Waals surface area contributed by atoms with Crippen LogP contribution in [0, 0.1) is 0 Å². The van der Waals surface area contributed by atoms with Gasteiger partial charge in [-0.3, -0.25) is 4.98 Å². The molecule has 0 bridgehead atoms. The molecule has 1 aliphatic rings. The number of aromatic nitrogens is 3. The Morgan fingerprint density at radius 2 is 1.84 bits per heavy atom. The van der Waals surface area contributed by atoms with Crippen molar-refractivity contribution in [3.8, 4) is 22.5 Å². The molecular formula is C20H21ClN4. The number of imidazole rings is 1. The molecule has 1 aromatic carbocycles. The minimum atomic E-state index is 0.639. The highest BCUT2D eigenvalue weighted by Crippen LogP contribution is 2.29. The Bertz CT molecular complexity index is 835. The van der Waals surface area contributed by atoms with Gasteiger partial charge in [0, 0.05) is 34.9 Å². The molecule has 0 saturated heterocycles. The molecule has 4 nitrogen and oxygen atoms in total. The number of pyridine rings is 1. The van der Waals surface area contributed by atoms with Crippen LogP contribution in [0.4, 0.5) is 0 Å². The second-order valence-corrected chi connectivity index (χ2v) is 6.97. The smallest absolute Gasteiger partial charge is 0.0962 e. The van der Waals surface area contributed by atoms with E-state index in [9.17, 15) is 0 Å². The molecular weight excluding hydrogens is 332 g/mol. The summed E-state index contributed by atoms with van der Waals surface area (Å²) in [6.45, 7) is 0.805. The number of rotatable bonds is 5. The number of nitrogens with one attached hydrogen (secondary N) is 2. The lowest BCUT2D eigenvalue weighted by molar-refractivity contribution is 0.519. The van der Waals surface area contributed by atoms with Gasteiger partial charge in [0.1, 0.15) is 0 Å². The van der Waals surface area contributed by atoms with E-state index in [0.29, 0.717) is 6.04 Å². The normalized spacial score (nSPS) is 14.9. The summed E-state index contributed by atoms with van der Waals surface area (Å²) in [6.07, 6.45) is 8.82. The van der Waals surface area contributed by atoms with E-state index in [1.54, 1.807) is 6.33 Å². The van der Waals surface area contributed by atoms with E-state index in [2.05, 4.69) is 26.3 Å². The maximum absolute atomic E-state index is 6.00. The first-order chi connectivity index (χ1) is 12.3. The minimum absolute atomic E-state index is 0.639. The van der Waals surface area contributed by atoms with Crippen molar-refractivity contribution in [3.05, 3.63) is 59.6 Å². The van der Waals surface area contributed by atoms with Gasteiger partial charge in [-0.2, -0.15) is 0 Å². The molecule has 0 unspecified atom stereocenters. The Balaban J connectivity index is 1.57. The summed E-state index contributed by atoms with van der Waals surface area (Å²) in [6, 6.07) is 12.6. The van der Waals surface area contributed by atoms with Gasteiger partial charge in [-0.05, 0) is 37.1 Å². The fraction of sp³-hybridized carbons (Fsp3) is 0.300. The second kappa shape index (κ2) is 7.38. The lowest BCUT2D eigenvalue weighted by atomic mass is 10.1. The Labute approximate surface area is 152 Å². The van der Waals surface area contributed by atoms with E-state index >= 15 is 0 Å². The van der Waals surface area contributed by atoms with Crippen molar-refractivity contribution in [2.24, 2.45) is 0 Å². The van der Waals surface area contributed by atoms with Gasteiger partial charge in [0.25, 0.3) is 0 Å². The van der Waals surface area contributed by atoms with Crippen LogP contribution in [-0.2, 0) is 6.54 Å². The quantitative estimate of drug-likeness (QED) is 0.691.